The van der Waals surface area contributed by atoms with Crippen LogP contribution >= 0.6 is 11.3 Å². The lowest BCUT2D eigenvalue weighted by Gasteiger charge is -2.15. The molecule has 4 heteroatoms. The molecule has 0 radical (unpaired) electrons. The van der Waals surface area contributed by atoms with E-state index in [0.717, 1.165) is 61.6 Å². The Balaban J connectivity index is 0.945. The van der Waals surface area contributed by atoms with Gasteiger partial charge in [-0.05, 0) is 78.5 Å². The Bertz CT molecular complexity index is 3850. The van der Waals surface area contributed by atoms with Crippen molar-refractivity contribution in [1.82, 2.24) is 15.0 Å². The lowest BCUT2D eigenvalue weighted by molar-refractivity contribution is 1.19. The van der Waals surface area contributed by atoms with Gasteiger partial charge in [0.25, 0.3) is 0 Å². The first-order valence-electron chi connectivity index (χ1n) is 20.7. The van der Waals surface area contributed by atoms with Gasteiger partial charge in [0, 0.05) is 43.1 Å². The Morgan fingerprint density at radius 1 is 0.328 bits per heavy atom. The average Bonchev–Trinajstić information content (AvgIpc) is 3.73. The highest BCUT2D eigenvalue weighted by Crippen LogP contribution is 2.46. The van der Waals surface area contributed by atoms with Crippen molar-refractivity contribution in [2.24, 2.45) is 0 Å². The molecule has 0 aliphatic carbocycles. The number of hydrogen-bond donors (Lipinski definition) is 0. The highest BCUT2D eigenvalue weighted by Gasteiger charge is 2.20. The zero-order valence-corrected chi connectivity index (χ0v) is 33.6. The fourth-order valence-corrected chi connectivity index (χ4v) is 10.8. The molecule has 0 N–H and O–H groups in total. The van der Waals surface area contributed by atoms with Gasteiger partial charge in [-0.1, -0.05) is 176 Å². The zero-order valence-electron chi connectivity index (χ0n) is 32.8. The summed E-state index contributed by atoms with van der Waals surface area (Å²) < 4.78 is 2.50. The fraction of sp³-hybridized carbons (Fsp3) is 0. The smallest absolute Gasteiger partial charge is 0.161 e. The lowest BCUT2D eigenvalue weighted by atomic mass is 9.91. The number of nitrogens with zero attached hydrogens (tertiary/aromatic N) is 3. The Morgan fingerprint density at radius 3 is 1.69 bits per heavy atom. The average molecular weight is 792 g/mol. The maximum absolute atomic E-state index is 5.36. The Hall–Kier alpha value is -7.79. The lowest BCUT2D eigenvalue weighted by Crippen LogP contribution is -1.97. The third-order valence-corrected chi connectivity index (χ3v) is 13.6. The van der Waals surface area contributed by atoms with Gasteiger partial charge in [0.15, 0.2) is 5.82 Å². The van der Waals surface area contributed by atoms with Crippen LogP contribution in [0.4, 0.5) is 0 Å². The van der Waals surface area contributed by atoms with Gasteiger partial charge in [-0.25, -0.2) is 15.0 Å². The van der Waals surface area contributed by atoms with Gasteiger partial charge in [0.1, 0.15) is 0 Å². The van der Waals surface area contributed by atoms with Crippen LogP contribution in [0, 0.1) is 0 Å². The largest absolute Gasteiger partial charge is 0.246 e. The first-order valence-corrected chi connectivity index (χ1v) is 21.5. The molecule has 13 aromatic rings. The highest BCUT2D eigenvalue weighted by atomic mass is 32.1. The fourth-order valence-electron chi connectivity index (χ4n) is 9.60. The van der Waals surface area contributed by atoms with E-state index in [0.29, 0.717) is 0 Å². The molecular weight excluding hydrogens is 759 g/mol. The Labute approximate surface area is 355 Å². The van der Waals surface area contributed by atoms with E-state index >= 15 is 0 Å². The van der Waals surface area contributed by atoms with Crippen molar-refractivity contribution >= 4 is 85.5 Å². The normalized spacial score (nSPS) is 11.9. The van der Waals surface area contributed by atoms with Crippen LogP contribution in [0.15, 0.2) is 200 Å². The standard InChI is InChI=1S/C57H33N3S/c1-2-11-35(12-3-1)49-33-50(60-57(59-49)45-30-28-39-26-25-37-13-10-14-38-27-29-43(45)53(39)52(37)38)36-23-21-34(22-24-36)40-31-32-44(42-16-5-4-15-41(40)42)55-56-54(46-17-6-8-19-48(46)58-55)47-18-7-9-20-51(47)61-56/h1-33H. The molecule has 3 aromatic heterocycles. The third kappa shape index (κ3) is 5.33. The van der Waals surface area contributed by atoms with Gasteiger partial charge in [0.2, 0.25) is 0 Å². The zero-order chi connectivity index (χ0) is 40.0. The van der Waals surface area contributed by atoms with Crippen LogP contribution in [0.1, 0.15) is 0 Å². The van der Waals surface area contributed by atoms with Crippen molar-refractivity contribution in [3.63, 3.8) is 0 Å². The van der Waals surface area contributed by atoms with Gasteiger partial charge >= 0.3 is 0 Å². The second kappa shape index (κ2) is 13.4. The van der Waals surface area contributed by atoms with Gasteiger partial charge in [-0.3, -0.25) is 0 Å². The maximum Gasteiger partial charge on any atom is 0.161 e. The van der Waals surface area contributed by atoms with E-state index in [2.05, 4.69) is 194 Å². The number of para-hydroxylation sites is 1. The summed E-state index contributed by atoms with van der Waals surface area (Å²) in [4.78, 5) is 15.9. The molecule has 0 fully saturated rings. The number of rotatable bonds is 5. The summed E-state index contributed by atoms with van der Waals surface area (Å²) in [6.07, 6.45) is 0. The molecule has 0 aliphatic rings. The molecule has 13 rings (SSSR count). The molecule has 10 aromatic carbocycles. The van der Waals surface area contributed by atoms with Crippen LogP contribution < -0.4 is 0 Å². The van der Waals surface area contributed by atoms with Crippen LogP contribution in [-0.4, -0.2) is 15.0 Å². The van der Waals surface area contributed by atoms with E-state index in [1.165, 1.54) is 68.8 Å². The molecule has 0 bridgehead atoms. The van der Waals surface area contributed by atoms with E-state index < -0.39 is 0 Å². The predicted molar refractivity (Wildman–Crippen MR) is 259 cm³/mol. The first-order chi connectivity index (χ1) is 30.2. The molecular formula is C57H33N3S. The molecule has 3 nitrogen and oxygen atoms in total. The summed E-state index contributed by atoms with van der Waals surface area (Å²) in [6, 6.07) is 71.8. The van der Waals surface area contributed by atoms with E-state index in [9.17, 15) is 0 Å². The Kier molecular flexibility index (Phi) is 7.47. The molecule has 0 unspecified atom stereocenters. The molecule has 0 spiro atoms. The van der Waals surface area contributed by atoms with Crippen molar-refractivity contribution in [2.75, 3.05) is 0 Å². The topological polar surface area (TPSA) is 38.7 Å². The third-order valence-electron chi connectivity index (χ3n) is 12.5. The molecule has 61 heavy (non-hydrogen) atoms. The number of thiophene rings is 1. The van der Waals surface area contributed by atoms with E-state index in [1.807, 2.05) is 17.4 Å². The number of fused-ring (bicyclic) bond motifs is 6. The van der Waals surface area contributed by atoms with Gasteiger partial charge in [-0.15, -0.1) is 11.3 Å². The molecule has 0 atom stereocenters. The minimum atomic E-state index is 0.718. The quantitative estimate of drug-likeness (QED) is 0.163. The first kappa shape index (κ1) is 34.1. The van der Waals surface area contributed by atoms with Gasteiger partial charge < -0.3 is 0 Å². The van der Waals surface area contributed by atoms with E-state index in [1.54, 1.807) is 0 Å². The van der Waals surface area contributed by atoms with Crippen LogP contribution in [0.5, 0.6) is 0 Å². The minimum Gasteiger partial charge on any atom is -0.246 e. The molecule has 0 amide bonds. The van der Waals surface area contributed by atoms with Gasteiger partial charge in [-0.2, -0.15) is 0 Å². The molecule has 282 valence electrons. The minimum absolute atomic E-state index is 0.718. The number of pyridine rings is 1. The second-order valence-corrected chi connectivity index (χ2v) is 16.9. The summed E-state index contributed by atoms with van der Waals surface area (Å²) in [6.45, 7) is 0. The van der Waals surface area contributed by atoms with Crippen molar-refractivity contribution in [3.8, 4) is 56.3 Å². The molecule has 0 saturated heterocycles. The summed E-state index contributed by atoms with van der Waals surface area (Å²) in [5.74, 6) is 0.718. The summed E-state index contributed by atoms with van der Waals surface area (Å²) in [7, 11) is 0. The molecule has 3 heterocycles. The van der Waals surface area contributed by atoms with E-state index in [4.69, 9.17) is 15.0 Å². The van der Waals surface area contributed by atoms with Crippen LogP contribution in [0.3, 0.4) is 0 Å². The highest BCUT2D eigenvalue weighted by molar-refractivity contribution is 7.26. The van der Waals surface area contributed by atoms with Crippen molar-refractivity contribution in [2.45, 2.75) is 0 Å². The van der Waals surface area contributed by atoms with Crippen LogP contribution in [-0.2, 0) is 0 Å². The van der Waals surface area contributed by atoms with Gasteiger partial charge in [0.05, 0.1) is 27.3 Å². The molecule has 0 saturated carbocycles. The second-order valence-electron chi connectivity index (χ2n) is 15.9. The Morgan fingerprint density at radius 2 is 0.902 bits per heavy atom. The summed E-state index contributed by atoms with van der Waals surface area (Å²) >= 11 is 1.83. The number of aromatic nitrogens is 3. The van der Waals surface area contributed by atoms with Crippen molar-refractivity contribution < 1.29 is 0 Å². The monoisotopic (exact) mass is 791 g/mol. The molecule has 0 aliphatic heterocycles. The SMILES string of the molecule is c1ccc(-c2cc(-c3ccc(-c4ccc(-c5nc6ccccc6c6c5sc5ccccc56)c5ccccc45)cc3)nc(-c3ccc4ccc5cccc6ccc3c4c56)n2)cc1. The van der Waals surface area contributed by atoms with E-state index in [-0.39, 0.29) is 0 Å². The maximum atomic E-state index is 5.36. The predicted octanol–water partition coefficient (Wildman–Crippen LogP) is 15.8. The number of benzene rings is 10. The number of hydrogen-bond acceptors (Lipinski definition) is 4. The van der Waals surface area contributed by atoms with Crippen LogP contribution in [0.2, 0.25) is 0 Å². The van der Waals surface area contributed by atoms with Crippen molar-refractivity contribution in [3.05, 3.63) is 200 Å². The summed E-state index contributed by atoms with van der Waals surface area (Å²) in [5.41, 5.74) is 10.4. The summed E-state index contributed by atoms with van der Waals surface area (Å²) in [5, 5.41) is 13.6. The van der Waals surface area contributed by atoms with Crippen LogP contribution in [0.25, 0.3) is 130 Å². The van der Waals surface area contributed by atoms with Crippen molar-refractivity contribution in [1.29, 1.82) is 0 Å².